The Morgan fingerprint density at radius 2 is 2.00 bits per heavy atom. The molecule has 8 nitrogen and oxygen atoms in total. The Balaban J connectivity index is 1.26. The van der Waals surface area contributed by atoms with E-state index in [0.29, 0.717) is 11.5 Å². The number of rotatable bonds is 5. The molecule has 0 atom stereocenters. The van der Waals surface area contributed by atoms with Crippen molar-refractivity contribution in [2.24, 2.45) is 5.92 Å². The molecular weight excluding hydrogens is 470 g/mol. The molecule has 36 heavy (non-hydrogen) atoms. The Labute approximate surface area is 209 Å². The third-order valence-corrected chi connectivity index (χ3v) is 7.48. The van der Waals surface area contributed by atoms with Crippen LogP contribution in [0.5, 0.6) is 0 Å². The van der Waals surface area contributed by atoms with Gasteiger partial charge < -0.3 is 10.3 Å². The molecule has 0 unspecified atom stereocenters. The molecule has 5 heterocycles. The van der Waals surface area contributed by atoms with Crippen molar-refractivity contribution in [3.63, 3.8) is 0 Å². The van der Waals surface area contributed by atoms with Gasteiger partial charge in [0.2, 0.25) is 5.91 Å². The van der Waals surface area contributed by atoms with E-state index in [4.69, 9.17) is 4.98 Å². The van der Waals surface area contributed by atoms with Crippen molar-refractivity contribution in [1.29, 1.82) is 0 Å². The van der Waals surface area contributed by atoms with Crippen LogP contribution in [0.15, 0.2) is 65.7 Å². The van der Waals surface area contributed by atoms with E-state index in [2.05, 4.69) is 53.4 Å². The van der Waals surface area contributed by atoms with Crippen LogP contribution in [0.25, 0.3) is 55.8 Å². The number of hydrogen-bond acceptors (Lipinski definition) is 6. The van der Waals surface area contributed by atoms with Crippen LogP contribution in [-0.2, 0) is 4.79 Å². The second-order valence-electron chi connectivity index (χ2n) is 9.07. The molecule has 1 aromatic carbocycles. The van der Waals surface area contributed by atoms with Crippen LogP contribution in [0.3, 0.4) is 0 Å². The van der Waals surface area contributed by atoms with E-state index in [1.54, 1.807) is 29.9 Å². The van der Waals surface area contributed by atoms with Crippen molar-refractivity contribution >= 4 is 44.9 Å². The van der Waals surface area contributed by atoms with Crippen LogP contribution in [-0.4, -0.2) is 36.0 Å². The highest BCUT2D eigenvalue weighted by atomic mass is 32.1. The minimum absolute atomic E-state index is 0.0624. The maximum Gasteiger partial charge on any atom is 0.227 e. The minimum atomic E-state index is 0.0624. The fourth-order valence-electron chi connectivity index (χ4n) is 4.61. The zero-order valence-electron chi connectivity index (χ0n) is 19.2. The summed E-state index contributed by atoms with van der Waals surface area (Å²) in [6.07, 6.45) is 8.21. The molecule has 1 fully saturated rings. The molecule has 176 valence electrons. The van der Waals surface area contributed by atoms with Gasteiger partial charge in [0.1, 0.15) is 5.69 Å². The first-order chi connectivity index (χ1) is 17.7. The third-order valence-electron chi connectivity index (χ3n) is 6.79. The summed E-state index contributed by atoms with van der Waals surface area (Å²) in [5.74, 6) is 0.865. The van der Waals surface area contributed by atoms with Gasteiger partial charge in [-0.05, 0) is 53.4 Å². The molecular formula is C27H21N7OS. The number of thiophene rings is 1. The quantitative estimate of drug-likeness (QED) is 0.273. The number of anilines is 1. The lowest BCUT2D eigenvalue weighted by Gasteiger charge is -2.24. The summed E-state index contributed by atoms with van der Waals surface area (Å²) in [5.41, 5.74) is 7.89. The summed E-state index contributed by atoms with van der Waals surface area (Å²) in [6.45, 7) is 0. The van der Waals surface area contributed by atoms with Gasteiger partial charge in [0.15, 0.2) is 5.82 Å². The smallest absolute Gasteiger partial charge is 0.227 e. The second kappa shape index (κ2) is 8.39. The standard InChI is InChI=1S/C27H21N7OS/c35-27(15-3-1-4-15)30-18-9-17(11-28-12-18)22-10-20-23(13-29-22)33-34-25(20)26-31-21-6-2-5-19(24(21)32-26)16-7-8-36-14-16/h2,5-15H,1,3-4H2,(H,30,35)(H,31,32)(H,33,34). The van der Waals surface area contributed by atoms with Crippen molar-refractivity contribution in [3.05, 3.63) is 65.7 Å². The molecule has 9 heteroatoms. The maximum atomic E-state index is 12.4. The summed E-state index contributed by atoms with van der Waals surface area (Å²) >= 11 is 1.67. The number of nitrogens with one attached hydrogen (secondary N) is 3. The summed E-state index contributed by atoms with van der Waals surface area (Å²) in [4.78, 5) is 29.7. The lowest BCUT2D eigenvalue weighted by Crippen LogP contribution is -2.28. The van der Waals surface area contributed by atoms with Crippen LogP contribution in [0.1, 0.15) is 19.3 Å². The number of para-hydroxylation sites is 1. The Morgan fingerprint density at radius 3 is 2.83 bits per heavy atom. The van der Waals surface area contributed by atoms with E-state index in [0.717, 1.165) is 69.3 Å². The first kappa shape index (κ1) is 21.0. The monoisotopic (exact) mass is 491 g/mol. The van der Waals surface area contributed by atoms with Crippen LogP contribution < -0.4 is 5.32 Å². The number of fused-ring (bicyclic) bond motifs is 2. The number of hydrogen-bond donors (Lipinski definition) is 3. The summed E-state index contributed by atoms with van der Waals surface area (Å²) in [5, 5.41) is 15.7. The highest BCUT2D eigenvalue weighted by Gasteiger charge is 2.25. The number of aromatic nitrogens is 6. The number of carbonyl (C=O) groups excluding carboxylic acids is 1. The number of benzene rings is 1. The van der Waals surface area contributed by atoms with Gasteiger partial charge in [0, 0.05) is 28.6 Å². The van der Waals surface area contributed by atoms with Gasteiger partial charge in [-0.3, -0.25) is 19.9 Å². The lowest BCUT2D eigenvalue weighted by molar-refractivity contribution is -0.122. The summed E-state index contributed by atoms with van der Waals surface area (Å²) in [7, 11) is 0. The van der Waals surface area contributed by atoms with Crippen LogP contribution in [0.2, 0.25) is 0 Å². The number of amides is 1. The number of imidazole rings is 1. The first-order valence-electron chi connectivity index (χ1n) is 11.8. The lowest BCUT2D eigenvalue weighted by atomic mass is 9.85. The molecule has 1 aliphatic carbocycles. The highest BCUT2D eigenvalue weighted by Crippen LogP contribution is 2.33. The van der Waals surface area contributed by atoms with Crippen molar-refractivity contribution in [2.75, 3.05) is 5.32 Å². The van der Waals surface area contributed by atoms with Crippen LogP contribution >= 0.6 is 11.3 Å². The maximum absolute atomic E-state index is 12.4. The zero-order valence-corrected chi connectivity index (χ0v) is 20.0. The van der Waals surface area contributed by atoms with Crippen molar-refractivity contribution in [1.82, 2.24) is 30.1 Å². The average molecular weight is 492 g/mol. The summed E-state index contributed by atoms with van der Waals surface area (Å²) < 4.78 is 0. The fraction of sp³-hybridized carbons (Fsp3) is 0.148. The predicted octanol–water partition coefficient (Wildman–Crippen LogP) is 6.03. The Kier molecular flexibility index (Phi) is 4.88. The van der Waals surface area contributed by atoms with Crippen molar-refractivity contribution in [2.45, 2.75) is 19.3 Å². The van der Waals surface area contributed by atoms with E-state index in [1.807, 2.05) is 24.3 Å². The number of nitrogens with zero attached hydrogens (tertiary/aromatic N) is 4. The number of carbonyl (C=O) groups is 1. The van der Waals surface area contributed by atoms with E-state index >= 15 is 0 Å². The molecule has 0 aliphatic heterocycles. The molecule has 7 rings (SSSR count). The zero-order chi connectivity index (χ0) is 24.1. The second-order valence-corrected chi connectivity index (χ2v) is 9.85. The third kappa shape index (κ3) is 3.56. The van der Waals surface area contributed by atoms with E-state index < -0.39 is 0 Å². The largest absolute Gasteiger partial charge is 0.337 e. The van der Waals surface area contributed by atoms with Gasteiger partial charge in [0.05, 0.1) is 40.3 Å². The van der Waals surface area contributed by atoms with Crippen molar-refractivity contribution < 1.29 is 4.79 Å². The molecule has 1 saturated carbocycles. The molecule has 0 saturated heterocycles. The molecule has 3 N–H and O–H groups in total. The number of H-pyrrole nitrogens is 2. The van der Waals surface area contributed by atoms with Crippen LogP contribution in [0, 0.1) is 5.92 Å². The van der Waals surface area contributed by atoms with Gasteiger partial charge in [-0.15, -0.1) is 0 Å². The van der Waals surface area contributed by atoms with Crippen LogP contribution in [0.4, 0.5) is 5.69 Å². The number of pyridine rings is 2. The molecule has 0 spiro atoms. The van der Waals surface area contributed by atoms with Gasteiger partial charge in [0.25, 0.3) is 0 Å². The average Bonchev–Trinajstić information content (AvgIpc) is 3.61. The highest BCUT2D eigenvalue weighted by molar-refractivity contribution is 7.08. The topological polar surface area (TPSA) is 112 Å². The summed E-state index contributed by atoms with van der Waals surface area (Å²) in [6, 6.07) is 12.1. The fourth-order valence-corrected chi connectivity index (χ4v) is 5.27. The SMILES string of the molecule is O=C(Nc1cncc(-c2cc3c(-c4nc5c(-c6ccsc6)cccc5[nH]4)n[nH]c3cn2)c1)C1CCC1. The normalized spacial score (nSPS) is 13.8. The van der Waals surface area contributed by atoms with Gasteiger partial charge in [-0.25, -0.2) is 4.98 Å². The first-order valence-corrected chi connectivity index (χ1v) is 12.8. The molecule has 0 radical (unpaired) electrons. The molecule has 1 amide bonds. The molecule has 0 bridgehead atoms. The van der Waals surface area contributed by atoms with Gasteiger partial charge in [-0.2, -0.15) is 16.4 Å². The Hall–Kier alpha value is -4.37. The molecule has 5 aromatic heterocycles. The van der Waals surface area contributed by atoms with E-state index in [1.165, 1.54) is 0 Å². The Bertz CT molecular complexity index is 1730. The predicted molar refractivity (Wildman–Crippen MR) is 141 cm³/mol. The van der Waals surface area contributed by atoms with Gasteiger partial charge >= 0.3 is 0 Å². The van der Waals surface area contributed by atoms with E-state index in [9.17, 15) is 4.79 Å². The van der Waals surface area contributed by atoms with Gasteiger partial charge in [-0.1, -0.05) is 18.6 Å². The molecule has 6 aromatic rings. The minimum Gasteiger partial charge on any atom is -0.337 e. The van der Waals surface area contributed by atoms with E-state index in [-0.39, 0.29) is 11.8 Å². The number of aromatic amines is 2. The van der Waals surface area contributed by atoms with Crippen molar-refractivity contribution in [3.8, 4) is 33.9 Å². The molecule has 1 aliphatic rings. The Morgan fingerprint density at radius 1 is 1.06 bits per heavy atom.